The van der Waals surface area contributed by atoms with Crippen LogP contribution in [0.5, 0.6) is 0 Å². The number of benzene rings is 1. The van der Waals surface area contributed by atoms with Crippen molar-refractivity contribution in [1.29, 1.82) is 5.26 Å². The SMILES string of the molecule is N#CC[C@H](NC(=O)c1cc(Cl)nc(-c2ccccc2)n1)C(=O)N1CCN(C(=O)O)CC1. The van der Waals surface area contributed by atoms with Crippen LogP contribution in [0.2, 0.25) is 5.15 Å². The Bertz CT molecular complexity index is 1020. The number of amides is 3. The van der Waals surface area contributed by atoms with E-state index in [1.807, 2.05) is 12.1 Å². The van der Waals surface area contributed by atoms with Gasteiger partial charge in [0.05, 0.1) is 12.5 Å². The zero-order valence-corrected chi connectivity index (χ0v) is 17.1. The quantitative estimate of drug-likeness (QED) is 0.670. The molecule has 2 aromatic rings. The highest BCUT2D eigenvalue weighted by Crippen LogP contribution is 2.18. The molecule has 0 bridgehead atoms. The van der Waals surface area contributed by atoms with Crippen LogP contribution in [0, 0.1) is 11.3 Å². The maximum Gasteiger partial charge on any atom is 0.407 e. The molecule has 0 unspecified atom stereocenters. The lowest BCUT2D eigenvalue weighted by atomic mass is 10.1. The van der Waals surface area contributed by atoms with Gasteiger partial charge in [-0.25, -0.2) is 14.8 Å². The molecule has 0 aliphatic carbocycles. The van der Waals surface area contributed by atoms with Gasteiger partial charge in [0.2, 0.25) is 5.91 Å². The molecular formula is C20H19ClN6O4. The van der Waals surface area contributed by atoms with Crippen molar-refractivity contribution < 1.29 is 19.5 Å². The third-order valence-corrected chi connectivity index (χ3v) is 4.91. The summed E-state index contributed by atoms with van der Waals surface area (Å²) in [5, 5.41) is 20.7. The van der Waals surface area contributed by atoms with Crippen molar-refractivity contribution in [3.63, 3.8) is 0 Å². The summed E-state index contributed by atoms with van der Waals surface area (Å²) in [6.45, 7) is 0.688. The molecule has 1 aliphatic rings. The number of hydrogen-bond acceptors (Lipinski definition) is 6. The monoisotopic (exact) mass is 442 g/mol. The number of aromatic nitrogens is 2. The second-order valence-electron chi connectivity index (χ2n) is 6.75. The van der Waals surface area contributed by atoms with E-state index in [1.54, 1.807) is 24.3 Å². The zero-order valence-electron chi connectivity index (χ0n) is 16.4. The zero-order chi connectivity index (χ0) is 22.4. The van der Waals surface area contributed by atoms with Crippen LogP contribution in [-0.4, -0.2) is 75.0 Å². The Morgan fingerprint density at radius 2 is 1.77 bits per heavy atom. The highest BCUT2D eigenvalue weighted by molar-refractivity contribution is 6.29. The van der Waals surface area contributed by atoms with Crippen LogP contribution in [-0.2, 0) is 4.79 Å². The number of carboxylic acid groups (broad SMARTS) is 1. The third kappa shape index (κ3) is 5.46. The van der Waals surface area contributed by atoms with E-state index in [2.05, 4.69) is 15.3 Å². The van der Waals surface area contributed by atoms with E-state index >= 15 is 0 Å². The Balaban J connectivity index is 1.74. The van der Waals surface area contributed by atoms with Crippen molar-refractivity contribution in [2.45, 2.75) is 12.5 Å². The van der Waals surface area contributed by atoms with Gasteiger partial charge in [0, 0.05) is 37.8 Å². The molecule has 10 nitrogen and oxygen atoms in total. The molecular weight excluding hydrogens is 424 g/mol. The summed E-state index contributed by atoms with van der Waals surface area (Å²) in [5.41, 5.74) is 0.630. The highest BCUT2D eigenvalue weighted by Gasteiger charge is 2.30. The van der Waals surface area contributed by atoms with Gasteiger partial charge in [0.1, 0.15) is 16.9 Å². The third-order valence-electron chi connectivity index (χ3n) is 4.72. The summed E-state index contributed by atoms with van der Waals surface area (Å²) in [6.07, 6.45) is -1.29. The molecule has 0 spiro atoms. The Morgan fingerprint density at radius 3 is 2.39 bits per heavy atom. The molecule has 1 aromatic heterocycles. The first-order valence-corrected chi connectivity index (χ1v) is 9.81. The van der Waals surface area contributed by atoms with Gasteiger partial charge >= 0.3 is 6.09 Å². The summed E-state index contributed by atoms with van der Waals surface area (Å²) in [5.74, 6) is -0.867. The van der Waals surface area contributed by atoms with Crippen molar-refractivity contribution >= 4 is 29.5 Å². The van der Waals surface area contributed by atoms with Gasteiger partial charge < -0.3 is 20.2 Å². The van der Waals surface area contributed by atoms with Crippen LogP contribution < -0.4 is 5.32 Å². The van der Waals surface area contributed by atoms with E-state index in [0.29, 0.717) is 5.56 Å². The number of nitrogens with one attached hydrogen (secondary N) is 1. The van der Waals surface area contributed by atoms with Crippen LogP contribution in [0.25, 0.3) is 11.4 Å². The standard InChI is InChI=1S/C20H19ClN6O4/c21-16-12-15(23-17(25-16)13-4-2-1-3-5-13)18(28)24-14(6-7-22)19(29)26-8-10-27(11-9-26)20(30)31/h1-5,12,14H,6,8-11H2,(H,24,28)(H,30,31)/t14-/m0/s1. The predicted octanol–water partition coefficient (Wildman–Crippen LogP) is 1.63. The molecule has 31 heavy (non-hydrogen) atoms. The van der Waals surface area contributed by atoms with E-state index < -0.39 is 23.9 Å². The van der Waals surface area contributed by atoms with Crippen LogP contribution in [0.3, 0.4) is 0 Å². The normalized spacial score (nSPS) is 14.5. The molecule has 1 saturated heterocycles. The van der Waals surface area contributed by atoms with Gasteiger partial charge in [-0.05, 0) is 0 Å². The molecule has 3 rings (SSSR count). The smallest absolute Gasteiger partial charge is 0.407 e. The van der Waals surface area contributed by atoms with Crippen molar-refractivity contribution in [2.24, 2.45) is 0 Å². The van der Waals surface area contributed by atoms with Gasteiger partial charge in [-0.3, -0.25) is 9.59 Å². The lowest BCUT2D eigenvalue weighted by molar-refractivity contribution is -0.134. The summed E-state index contributed by atoms with van der Waals surface area (Å²) >= 11 is 6.05. The Labute approximate surface area is 183 Å². The van der Waals surface area contributed by atoms with Gasteiger partial charge in [-0.1, -0.05) is 41.9 Å². The number of rotatable bonds is 5. The summed E-state index contributed by atoms with van der Waals surface area (Å²) in [4.78, 5) is 47.6. The van der Waals surface area contributed by atoms with Crippen molar-refractivity contribution in [3.05, 3.63) is 47.2 Å². The molecule has 2 N–H and O–H groups in total. The van der Waals surface area contributed by atoms with Gasteiger partial charge in [-0.15, -0.1) is 0 Å². The van der Waals surface area contributed by atoms with Gasteiger partial charge in [0.25, 0.3) is 5.91 Å². The number of hydrogen-bond donors (Lipinski definition) is 2. The number of carbonyl (C=O) groups excluding carboxylic acids is 2. The minimum Gasteiger partial charge on any atom is -0.465 e. The van der Waals surface area contributed by atoms with E-state index in [4.69, 9.17) is 22.0 Å². The largest absolute Gasteiger partial charge is 0.465 e. The summed E-state index contributed by atoms with van der Waals surface area (Å²) in [7, 11) is 0. The maximum absolute atomic E-state index is 12.8. The van der Waals surface area contributed by atoms with Crippen LogP contribution >= 0.6 is 11.6 Å². The number of piperazine rings is 1. The minimum atomic E-state index is -1.09. The van der Waals surface area contributed by atoms with Gasteiger partial charge in [0.15, 0.2) is 5.82 Å². The first-order chi connectivity index (χ1) is 14.9. The second-order valence-corrected chi connectivity index (χ2v) is 7.14. The molecule has 3 amide bonds. The molecule has 2 heterocycles. The lowest BCUT2D eigenvalue weighted by Crippen LogP contribution is -2.55. The Hall–Kier alpha value is -3.71. The molecule has 160 valence electrons. The highest BCUT2D eigenvalue weighted by atomic mass is 35.5. The molecule has 1 fully saturated rings. The number of carbonyl (C=O) groups is 3. The van der Waals surface area contributed by atoms with E-state index in [9.17, 15) is 14.4 Å². The summed E-state index contributed by atoms with van der Waals surface area (Å²) in [6, 6.07) is 11.0. The number of nitriles is 1. The molecule has 1 aliphatic heterocycles. The maximum atomic E-state index is 12.8. The average molecular weight is 443 g/mol. The predicted molar refractivity (Wildman–Crippen MR) is 110 cm³/mol. The first kappa shape index (κ1) is 22.0. The van der Waals surface area contributed by atoms with E-state index in [-0.39, 0.29) is 49.3 Å². The molecule has 0 saturated carbocycles. The van der Waals surface area contributed by atoms with E-state index in [1.165, 1.54) is 15.9 Å². The fraction of sp³-hybridized carbons (Fsp3) is 0.300. The van der Waals surface area contributed by atoms with Crippen molar-refractivity contribution in [2.75, 3.05) is 26.2 Å². The Morgan fingerprint density at radius 1 is 1.13 bits per heavy atom. The van der Waals surface area contributed by atoms with Crippen molar-refractivity contribution in [3.8, 4) is 17.5 Å². The lowest BCUT2D eigenvalue weighted by Gasteiger charge is -2.34. The molecule has 1 atom stereocenters. The minimum absolute atomic E-state index is 0.0368. The van der Waals surface area contributed by atoms with Crippen LogP contribution in [0.4, 0.5) is 4.79 Å². The van der Waals surface area contributed by atoms with Crippen molar-refractivity contribution in [1.82, 2.24) is 25.1 Å². The summed E-state index contributed by atoms with van der Waals surface area (Å²) < 4.78 is 0. The first-order valence-electron chi connectivity index (χ1n) is 9.43. The van der Waals surface area contributed by atoms with Crippen LogP contribution in [0.1, 0.15) is 16.9 Å². The number of nitrogens with zero attached hydrogens (tertiary/aromatic N) is 5. The fourth-order valence-electron chi connectivity index (χ4n) is 3.11. The van der Waals surface area contributed by atoms with Crippen LogP contribution in [0.15, 0.2) is 36.4 Å². The molecule has 11 heteroatoms. The average Bonchev–Trinajstić information content (AvgIpc) is 2.78. The number of halogens is 1. The van der Waals surface area contributed by atoms with E-state index in [0.717, 1.165) is 0 Å². The topological polar surface area (TPSA) is 140 Å². The molecule has 0 radical (unpaired) electrons. The Kier molecular flexibility index (Phi) is 6.99. The fourth-order valence-corrected chi connectivity index (χ4v) is 3.30. The van der Waals surface area contributed by atoms with Gasteiger partial charge in [-0.2, -0.15) is 5.26 Å². The second kappa shape index (κ2) is 9.86. The molecule has 1 aromatic carbocycles.